The Kier molecular flexibility index (Phi) is 7.39. The average molecular weight is 431 g/mol. The molecule has 6 nitrogen and oxygen atoms in total. The van der Waals surface area contributed by atoms with Gasteiger partial charge in [0.15, 0.2) is 6.61 Å². The number of amides is 2. The van der Waals surface area contributed by atoms with Gasteiger partial charge in [-0.25, -0.2) is 4.79 Å². The molecule has 0 fully saturated rings. The summed E-state index contributed by atoms with van der Waals surface area (Å²) < 4.78 is 5.27. The Morgan fingerprint density at radius 1 is 0.781 bits per heavy atom. The largest absolute Gasteiger partial charge is 0.452 e. The zero-order valence-corrected chi connectivity index (χ0v) is 18.4. The molecule has 0 saturated carbocycles. The van der Waals surface area contributed by atoms with Crippen LogP contribution in [0.5, 0.6) is 0 Å². The zero-order chi connectivity index (χ0) is 23.1. The minimum atomic E-state index is -0.718. The fourth-order valence-electron chi connectivity index (χ4n) is 3.28. The fourth-order valence-corrected chi connectivity index (χ4v) is 3.28. The normalized spacial score (nSPS) is 11.3. The summed E-state index contributed by atoms with van der Waals surface area (Å²) in [6.45, 7) is 1.49. The molecule has 0 aliphatic carbocycles. The first-order valence-corrected chi connectivity index (χ1v) is 10.3. The highest BCUT2D eigenvalue weighted by molar-refractivity contribution is 6.12. The Bertz CT molecular complexity index is 1080. The smallest absolute Gasteiger partial charge is 0.339 e. The van der Waals surface area contributed by atoms with Gasteiger partial charge in [0.05, 0.1) is 17.2 Å². The van der Waals surface area contributed by atoms with E-state index in [9.17, 15) is 14.4 Å². The Morgan fingerprint density at radius 2 is 1.31 bits per heavy atom. The number of carbonyl (C=O) groups excluding carboxylic acids is 3. The van der Waals surface area contributed by atoms with Crippen molar-refractivity contribution in [2.24, 2.45) is 0 Å². The summed E-state index contributed by atoms with van der Waals surface area (Å²) in [6, 6.07) is 25.0. The Balaban J connectivity index is 1.68. The van der Waals surface area contributed by atoms with E-state index in [4.69, 9.17) is 4.74 Å². The molecule has 0 bridgehead atoms. The molecule has 1 atom stereocenters. The van der Waals surface area contributed by atoms with Crippen LogP contribution in [0.2, 0.25) is 0 Å². The van der Waals surface area contributed by atoms with Gasteiger partial charge in [-0.05, 0) is 36.8 Å². The van der Waals surface area contributed by atoms with Gasteiger partial charge in [-0.1, -0.05) is 60.7 Å². The predicted octanol–water partition coefficient (Wildman–Crippen LogP) is 4.34. The first-order chi connectivity index (χ1) is 15.4. The maximum Gasteiger partial charge on any atom is 0.339 e. The van der Waals surface area contributed by atoms with E-state index in [2.05, 4.69) is 0 Å². The van der Waals surface area contributed by atoms with E-state index in [1.165, 1.54) is 15.9 Å². The highest BCUT2D eigenvalue weighted by Crippen LogP contribution is 2.20. The lowest BCUT2D eigenvalue weighted by molar-refractivity contribution is -0.135. The number of nitrogens with zero attached hydrogens (tertiary/aromatic N) is 2. The van der Waals surface area contributed by atoms with Gasteiger partial charge in [0.2, 0.25) is 0 Å². The number of likely N-dealkylation sites (N-methyl/N-ethyl adjacent to an activating group) is 1. The number of esters is 1. The Hall–Kier alpha value is -3.93. The molecule has 0 spiro atoms. The minimum absolute atomic E-state index is 0.117. The second-order valence-electron chi connectivity index (χ2n) is 7.41. The molecule has 32 heavy (non-hydrogen) atoms. The SMILES string of the molecule is CC(c1ccccc1)N(C)C(=O)COC(=O)c1ccccc1C(=O)N(C)c1ccccc1. The first-order valence-electron chi connectivity index (χ1n) is 10.3. The monoisotopic (exact) mass is 430 g/mol. The molecule has 3 aromatic rings. The van der Waals surface area contributed by atoms with Crippen LogP contribution < -0.4 is 4.90 Å². The molecule has 0 aliphatic rings. The van der Waals surface area contributed by atoms with Crippen molar-refractivity contribution in [3.05, 3.63) is 102 Å². The second-order valence-corrected chi connectivity index (χ2v) is 7.41. The van der Waals surface area contributed by atoms with Crippen LogP contribution in [0.4, 0.5) is 5.69 Å². The van der Waals surface area contributed by atoms with Gasteiger partial charge in [-0.2, -0.15) is 0 Å². The summed E-state index contributed by atoms with van der Waals surface area (Å²) in [5, 5.41) is 0. The van der Waals surface area contributed by atoms with Crippen molar-refractivity contribution in [1.29, 1.82) is 0 Å². The molecule has 0 N–H and O–H groups in total. The molecular weight excluding hydrogens is 404 g/mol. The third kappa shape index (κ3) is 5.21. The van der Waals surface area contributed by atoms with E-state index in [0.29, 0.717) is 5.69 Å². The highest BCUT2D eigenvalue weighted by Gasteiger charge is 2.23. The molecule has 0 saturated heterocycles. The van der Waals surface area contributed by atoms with Crippen molar-refractivity contribution >= 4 is 23.5 Å². The van der Waals surface area contributed by atoms with E-state index in [-0.39, 0.29) is 29.0 Å². The van der Waals surface area contributed by atoms with Crippen LogP contribution in [0.15, 0.2) is 84.9 Å². The number of carbonyl (C=O) groups is 3. The van der Waals surface area contributed by atoms with Gasteiger partial charge < -0.3 is 14.5 Å². The highest BCUT2D eigenvalue weighted by atomic mass is 16.5. The third-order valence-corrected chi connectivity index (χ3v) is 5.41. The number of benzene rings is 3. The molecule has 3 rings (SSSR count). The van der Waals surface area contributed by atoms with Gasteiger partial charge >= 0.3 is 5.97 Å². The standard InChI is InChI=1S/C26H26N2O4/c1-19(20-12-6-4-7-13-20)27(2)24(29)18-32-26(31)23-17-11-10-16-22(23)25(30)28(3)21-14-8-5-9-15-21/h4-17,19H,18H2,1-3H3. The molecule has 0 heterocycles. The number of rotatable bonds is 7. The van der Waals surface area contributed by atoms with Gasteiger partial charge in [0, 0.05) is 19.8 Å². The van der Waals surface area contributed by atoms with Crippen molar-refractivity contribution in [1.82, 2.24) is 4.90 Å². The number of para-hydroxylation sites is 1. The molecule has 1 unspecified atom stereocenters. The number of hydrogen-bond acceptors (Lipinski definition) is 4. The topological polar surface area (TPSA) is 66.9 Å². The summed E-state index contributed by atoms with van der Waals surface area (Å²) in [5.41, 5.74) is 2.01. The van der Waals surface area contributed by atoms with Crippen molar-refractivity contribution < 1.29 is 19.1 Å². The summed E-state index contributed by atoms with van der Waals surface area (Å²) in [4.78, 5) is 41.3. The van der Waals surface area contributed by atoms with E-state index >= 15 is 0 Å². The lowest BCUT2D eigenvalue weighted by atomic mass is 10.1. The number of anilines is 1. The Morgan fingerprint density at radius 3 is 1.94 bits per heavy atom. The van der Waals surface area contributed by atoms with Crippen LogP contribution in [-0.4, -0.2) is 43.4 Å². The van der Waals surface area contributed by atoms with E-state index in [1.54, 1.807) is 44.4 Å². The van der Waals surface area contributed by atoms with Crippen LogP contribution in [-0.2, 0) is 9.53 Å². The lowest BCUT2D eigenvalue weighted by Crippen LogP contribution is -2.34. The number of ether oxygens (including phenoxy) is 1. The second kappa shape index (κ2) is 10.4. The molecule has 0 radical (unpaired) electrons. The minimum Gasteiger partial charge on any atom is -0.452 e. The van der Waals surface area contributed by atoms with Crippen LogP contribution in [0, 0.1) is 0 Å². The van der Waals surface area contributed by atoms with Gasteiger partial charge in [0.1, 0.15) is 0 Å². The molecule has 0 aromatic heterocycles. The fraction of sp³-hybridized carbons (Fsp3) is 0.192. The van der Waals surface area contributed by atoms with Crippen molar-refractivity contribution in [3.8, 4) is 0 Å². The zero-order valence-electron chi connectivity index (χ0n) is 18.4. The summed E-state index contributed by atoms with van der Waals surface area (Å²) >= 11 is 0. The molecule has 6 heteroatoms. The quantitative estimate of drug-likeness (QED) is 0.523. The molecule has 0 aliphatic heterocycles. The molecule has 2 amide bonds. The van der Waals surface area contributed by atoms with Crippen LogP contribution in [0.1, 0.15) is 39.2 Å². The average Bonchev–Trinajstić information content (AvgIpc) is 2.86. The maximum atomic E-state index is 13.0. The van der Waals surface area contributed by atoms with Gasteiger partial charge in [0.25, 0.3) is 11.8 Å². The predicted molar refractivity (Wildman–Crippen MR) is 124 cm³/mol. The maximum absolute atomic E-state index is 13.0. The summed E-state index contributed by atoms with van der Waals surface area (Å²) in [6.07, 6.45) is 0. The molecule has 164 valence electrons. The van der Waals surface area contributed by atoms with E-state index in [1.807, 2.05) is 55.5 Å². The molecular formula is C26H26N2O4. The summed E-state index contributed by atoms with van der Waals surface area (Å²) in [7, 11) is 3.31. The van der Waals surface area contributed by atoms with E-state index < -0.39 is 12.6 Å². The van der Waals surface area contributed by atoms with Crippen molar-refractivity contribution in [2.75, 3.05) is 25.6 Å². The first kappa shape index (κ1) is 22.7. The Labute approximate surface area is 188 Å². The van der Waals surface area contributed by atoms with Crippen molar-refractivity contribution in [3.63, 3.8) is 0 Å². The van der Waals surface area contributed by atoms with Gasteiger partial charge in [-0.3, -0.25) is 9.59 Å². The van der Waals surface area contributed by atoms with Crippen molar-refractivity contribution in [2.45, 2.75) is 13.0 Å². The molecule has 3 aromatic carbocycles. The van der Waals surface area contributed by atoms with Crippen LogP contribution in [0.25, 0.3) is 0 Å². The van der Waals surface area contributed by atoms with E-state index in [0.717, 1.165) is 5.56 Å². The lowest BCUT2D eigenvalue weighted by Gasteiger charge is -2.25. The summed E-state index contributed by atoms with van der Waals surface area (Å²) in [5.74, 6) is -1.39. The van der Waals surface area contributed by atoms with Gasteiger partial charge in [-0.15, -0.1) is 0 Å². The third-order valence-electron chi connectivity index (χ3n) is 5.41. The van der Waals surface area contributed by atoms with Crippen LogP contribution in [0.3, 0.4) is 0 Å². The number of hydrogen-bond donors (Lipinski definition) is 0. The van der Waals surface area contributed by atoms with Crippen LogP contribution >= 0.6 is 0 Å².